The smallest absolute Gasteiger partial charge is 0.284 e. The molecule has 2 amide bonds. The summed E-state index contributed by atoms with van der Waals surface area (Å²) in [6.07, 6.45) is 1.49. The molecule has 1 aromatic rings. The van der Waals surface area contributed by atoms with Crippen molar-refractivity contribution in [2.24, 2.45) is 5.73 Å². The lowest BCUT2D eigenvalue weighted by Crippen LogP contribution is -2.24. The molecule has 0 spiro atoms. The number of amides is 2. The number of rotatable bonds is 7. The zero-order valence-electron chi connectivity index (χ0n) is 10.6. The first-order chi connectivity index (χ1) is 9.41. The number of halogens is 1. The molecule has 8 heteroatoms. The average Bonchev–Trinajstić information content (AvgIpc) is 2.37. The maximum absolute atomic E-state index is 11.8. The number of nitro benzene ring substituents is 1. The maximum Gasteiger partial charge on any atom is 0.284 e. The van der Waals surface area contributed by atoms with Crippen molar-refractivity contribution >= 4 is 33.4 Å². The second kappa shape index (κ2) is 7.59. The van der Waals surface area contributed by atoms with Crippen LogP contribution in [0.1, 0.15) is 29.6 Å². The second-order valence-corrected chi connectivity index (χ2v) is 4.96. The topological polar surface area (TPSA) is 115 Å². The molecule has 0 aliphatic rings. The van der Waals surface area contributed by atoms with Gasteiger partial charge in [-0.25, -0.2) is 0 Å². The minimum atomic E-state index is -0.562. The van der Waals surface area contributed by atoms with Gasteiger partial charge in [0.05, 0.1) is 9.40 Å². The monoisotopic (exact) mass is 343 g/mol. The zero-order valence-corrected chi connectivity index (χ0v) is 12.2. The minimum Gasteiger partial charge on any atom is -0.370 e. The lowest BCUT2D eigenvalue weighted by Gasteiger charge is -2.05. The molecule has 0 saturated heterocycles. The summed E-state index contributed by atoms with van der Waals surface area (Å²) in [6, 6.07) is 4.17. The molecule has 0 fully saturated rings. The van der Waals surface area contributed by atoms with Gasteiger partial charge in [0.15, 0.2) is 0 Å². The van der Waals surface area contributed by atoms with E-state index in [9.17, 15) is 19.7 Å². The third-order valence-corrected chi connectivity index (χ3v) is 3.21. The van der Waals surface area contributed by atoms with Gasteiger partial charge in [-0.15, -0.1) is 0 Å². The Morgan fingerprint density at radius 2 is 2.05 bits per heavy atom. The van der Waals surface area contributed by atoms with E-state index in [1.165, 1.54) is 18.2 Å². The fraction of sp³-hybridized carbons (Fsp3) is 0.333. The number of carbonyl (C=O) groups is 2. The van der Waals surface area contributed by atoms with Crippen LogP contribution in [0.4, 0.5) is 5.69 Å². The van der Waals surface area contributed by atoms with E-state index in [-0.39, 0.29) is 29.5 Å². The number of hydrogen-bond acceptors (Lipinski definition) is 4. The first kappa shape index (κ1) is 16.1. The number of nitro groups is 1. The van der Waals surface area contributed by atoms with Crippen LogP contribution in [0.3, 0.4) is 0 Å². The van der Waals surface area contributed by atoms with E-state index in [1.807, 2.05) is 0 Å². The molecule has 0 aromatic heterocycles. The number of benzene rings is 1. The van der Waals surface area contributed by atoms with Crippen molar-refractivity contribution in [1.82, 2.24) is 5.32 Å². The average molecular weight is 344 g/mol. The number of nitrogens with one attached hydrogen (secondary N) is 1. The van der Waals surface area contributed by atoms with E-state index in [0.717, 1.165) is 0 Å². The van der Waals surface area contributed by atoms with Crippen LogP contribution in [0, 0.1) is 10.1 Å². The highest BCUT2D eigenvalue weighted by Gasteiger charge is 2.15. The molecule has 7 nitrogen and oxygen atoms in total. The van der Waals surface area contributed by atoms with Crippen LogP contribution in [-0.2, 0) is 4.79 Å². The van der Waals surface area contributed by atoms with Crippen molar-refractivity contribution in [3.8, 4) is 0 Å². The Hall–Kier alpha value is -1.96. The van der Waals surface area contributed by atoms with E-state index in [1.54, 1.807) is 0 Å². The lowest BCUT2D eigenvalue weighted by atomic mass is 10.2. The van der Waals surface area contributed by atoms with Gasteiger partial charge in [0.25, 0.3) is 11.6 Å². The summed E-state index contributed by atoms with van der Waals surface area (Å²) in [5.41, 5.74) is 5.05. The molecule has 0 atom stereocenters. The first-order valence-electron chi connectivity index (χ1n) is 5.92. The predicted molar refractivity (Wildman–Crippen MR) is 76.2 cm³/mol. The zero-order chi connectivity index (χ0) is 15.1. The first-order valence-corrected chi connectivity index (χ1v) is 6.71. The third kappa shape index (κ3) is 4.96. The Kier molecular flexibility index (Phi) is 6.10. The Morgan fingerprint density at radius 3 is 2.65 bits per heavy atom. The Labute approximate surface area is 123 Å². The molecule has 0 bridgehead atoms. The molecule has 108 valence electrons. The van der Waals surface area contributed by atoms with Crippen molar-refractivity contribution in [3.63, 3.8) is 0 Å². The van der Waals surface area contributed by atoms with E-state index in [2.05, 4.69) is 21.2 Å². The molecule has 0 aliphatic heterocycles. The SMILES string of the molecule is NC(=O)CCCCNC(=O)c1ccc(Br)c([N+](=O)[O-])c1. The summed E-state index contributed by atoms with van der Waals surface area (Å²) in [6.45, 7) is 0.385. The summed E-state index contributed by atoms with van der Waals surface area (Å²) in [4.78, 5) is 32.5. The summed E-state index contributed by atoms with van der Waals surface area (Å²) in [7, 11) is 0. The van der Waals surface area contributed by atoms with Crippen LogP contribution < -0.4 is 11.1 Å². The Balaban J connectivity index is 2.53. The molecule has 20 heavy (non-hydrogen) atoms. The van der Waals surface area contributed by atoms with Gasteiger partial charge in [0.1, 0.15) is 0 Å². The third-order valence-electron chi connectivity index (χ3n) is 2.54. The van der Waals surface area contributed by atoms with Crippen molar-refractivity contribution in [3.05, 3.63) is 38.3 Å². The van der Waals surface area contributed by atoms with Gasteiger partial charge in [-0.05, 0) is 40.9 Å². The van der Waals surface area contributed by atoms with Crippen LogP contribution in [0.15, 0.2) is 22.7 Å². The van der Waals surface area contributed by atoms with Crippen LogP contribution >= 0.6 is 15.9 Å². The number of primary amides is 1. The molecular weight excluding hydrogens is 330 g/mol. The van der Waals surface area contributed by atoms with Gasteiger partial charge in [-0.1, -0.05) is 0 Å². The molecule has 0 saturated carbocycles. The highest BCUT2D eigenvalue weighted by Crippen LogP contribution is 2.25. The van der Waals surface area contributed by atoms with E-state index >= 15 is 0 Å². The predicted octanol–water partition coefficient (Wildman–Crippen LogP) is 1.74. The van der Waals surface area contributed by atoms with Gasteiger partial charge in [-0.2, -0.15) is 0 Å². The summed E-state index contributed by atoms with van der Waals surface area (Å²) in [5.74, 6) is -0.764. The Bertz CT molecular complexity index is 533. The van der Waals surface area contributed by atoms with Gasteiger partial charge in [0, 0.05) is 24.6 Å². The summed E-state index contributed by atoms with van der Waals surface area (Å²) >= 11 is 3.05. The summed E-state index contributed by atoms with van der Waals surface area (Å²) < 4.78 is 0.320. The molecule has 0 aliphatic carbocycles. The van der Waals surface area contributed by atoms with Crippen molar-refractivity contribution in [2.75, 3.05) is 6.54 Å². The van der Waals surface area contributed by atoms with Crippen molar-refractivity contribution < 1.29 is 14.5 Å². The molecule has 0 unspecified atom stereocenters. The molecule has 0 heterocycles. The quantitative estimate of drug-likeness (QED) is 0.445. The van der Waals surface area contributed by atoms with Crippen LogP contribution in [0.5, 0.6) is 0 Å². The fourth-order valence-corrected chi connectivity index (χ4v) is 1.91. The molecule has 1 rings (SSSR count). The summed E-state index contributed by atoms with van der Waals surface area (Å²) in [5, 5.41) is 13.4. The van der Waals surface area contributed by atoms with Crippen LogP contribution in [-0.4, -0.2) is 23.3 Å². The van der Waals surface area contributed by atoms with Gasteiger partial charge < -0.3 is 11.1 Å². The number of nitrogens with zero attached hydrogens (tertiary/aromatic N) is 1. The second-order valence-electron chi connectivity index (χ2n) is 4.10. The van der Waals surface area contributed by atoms with Crippen molar-refractivity contribution in [1.29, 1.82) is 0 Å². The maximum atomic E-state index is 11.8. The number of unbranched alkanes of at least 4 members (excludes halogenated alkanes) is 1. The fourth-order valence-electron chi connectivity index (χ4n) is 1.52. The number of carbonyl (C=O) groups excluding carboxylic acids is 2. The molecule has 0 radical (unpaired) electrons. The van der Waals surface area contributed by atoms with E-state index < -0.39 is 4.92 Å². The van der Waals surface area contributed by atoms with Gasteiger partial charge in [-0.3, -0.25) is 19.7 Å². The largest absolute Gasteiger partial charge is 0.370 e. The van der Waals surface area contributed by atoms with Gasteiger partial charge in [0.2, 0.25) is 5.91 Å². The lowest BCUT2D eigenvalue weighted by molar-refractivity contribution is -0.385. The van der Waals surface area contributed by atoms with Crippen LogP contribution in [0.25, 0.3) is 0 Å². The van der Waals surface area contributed by atoms with Gasteiger partial charge >= 0.3 is 0 Å². The highest BCUT2D eigenvalue weighted by molar-refractivity contribution is 9.10. The normalized spacial score (nSPS) is 10.1. The standard InChI is InChI=1S/C12H14BrN3O4/c13-9-5-4-8(7-10(9)16(19)20)12(18)15-6-2-1-3-11(14)17/h4-5,7H,1-3,6H2,(H2,14,17)(H,15,18). The molecule has 3 N–H and O–H groups in total. The highest BCUT2D eigenvalue weighted by atomic mass is 79.9. The number of nitrogens with two attached hydrogens (primary N) is 1. The Morgan fingerprint density at radius 1 is 1.35 bits per heavy atom. The molecular formula is C12H14BrN3O4. The van der Waals surface area contributed by atoms with E-state index in [4.69, 9.17) is 5.73 Å². The van der Waals surface area contributed by atoms with Crippen molar-refractivity contribution in [2.45, 2.75) is 19.3 Å². The van der Waals surface area contributed by atoms with Crippen LogP contribution in [0.2, 0.25) is 0 Å². The minimum absolute atomic E-state index is 0.161. The molecule has 1 aromatic carbocycles. The number of hydrogen-bond donors (Lipinski definition) is 2. The van der Waals surface area contributed by atoms with E-state index in [0.29, 0.717) is 23.9 Å².